The van der Waals surface area contributed by atoms with Crippen molar-refractivity contribution in [2.75, 3.05) is 0 Å². The van der Waals surface area contributed by atoms with Gasteiger partial charge in [-0.1, -0.05) is 38.5 Å². The van der Waals surface area contributed by atoms with E-state index >= 15 is 0 Å². The number of esters is 1. The van der Waals surface area contributed by atoms with Crippen molar-refractivity contribution in [1.29, 1.82) is 0 Å². The van der Waals surface area contributed by atoms with Gasteiger partial charge in [-0.15, -0.1) is 0 Å². The van der Waals surface area contributed by atoms with E-state index in [9.17, 15) is 14.7 Å². The first-order valence-electron chi connectivity index (χ1n) is 12.9. The van der Waals surface area contributed by atoms with Crippen molar-refractivity contribution in [2.45, 2.75) is 105 Å². The fraction of sp³-hybridized carbons (Fsp3) is 0.793. The quantitative estimate of drug-likeness (QED) is 0.312. The van der Waals surface area contributed by atoms with Gasteiger partial charge in [-0.2, -0.15) is 0 Å². The van der Waals surface area contributed by atoms with E-state index in [0.717, 1.165) is 37.7 Å². The SMILES string of the molecule is C=C(C)C1CCC2(C)C3C(CC4C(C(C)(O)CC(=O)C=C(C)C)CCC42C)OC(=O)CC13C. The second-order valence-corrected chi connectivity index (χ2v) is 13.2. The summed E-state index contributed by atoms with van der Waals surface area (Å²) in [5, 5.41) is 11.6. The van der Waals surface area contributed by atoms with Crippen LogP contribution in [0, 0.1) is 39.9 Å². The van der Waals surface area contributed by atoms with Crippen LogP contribution < -0.4 is 0 Å². The second-order valence-electron chi connectivity index (χ2n) is 13.2. The number of rotatable bonds is 5. The molecule has 4 fully saturated rings. The predicted molar refractivity (Wildman–Crippen MR) is 130 cm³/mol. The summed E-state index contributed by atoms with van der Waals surface area (Å²) in [6, 6.07) is 0. The highest BCUT2D eigenvalue weighted by Crippen LogP contribution is 2.75. The Bertz CT molecular complexity index is 895. The molecular weight excluding hydrogens is 412 g/mol. The molecule has 4 aliphatic rings. The molecule has 0 spiro atoms. The zero-order chi connectivity index (χ0) is 24.6. The van der Waals surface area contributed by atoms with Crippen molar-refractivity contribution in [1.82, 2.24) is 0 Å². The van der Waals surface area contributed by atoms with Gasteiger partial charge in [0.1, 0.15) is 6.10 Å². The lowest BCUT2D eigenvalue weighted by atomic mass is 9.37. The van der Waals surface area contributed by atoms with Gasteiger partial charge in [0, 0.05) is 12.3 Å². The molecule has 33 heavy (non-hydrogen) atoms. The number of carbonyl (C=O) groups is 2. The summed E-state index contributed by atoms with van der Waals surface area (Å²) < 4.78 is 6.11. The maximum absolute atomic E-state index is 12.8. The minimum Gasteiger partial charge on any atom is -0.462 e. The van der Waals surface area contributed by atoms with Crippen molar-refractivity contribution >= 4 is 11.8 Å². The average Bonchev–Trinajstić information content (AvgIpc) is 2.98. The Morgan fingerprint density at radius 3 is 2.42 bits per heavy atom. The van der Waals surface area contributed by atoms with Crippen molar-refractivity contribution < 1.29 is 19.4 Å². The average molecular weight is 457 g/mol. The normalized spacial score (nSPS) is 45.8. The standard InChI is InChI=1S/C29H44O4/c1-17(2)13-19(30)15-29(8,32)21-10-11-27(6)22(21)14-23-25-26(5,16-24(31)33-23)20(18(3)4)9-12-28(25,27)7/h13,20-23,25,32H,3,9-12,14-16H2,1-2,4-8H3. The highest BCUT2D eigenvalue weighted by molar-refractivity contribution is 5.90. The Balaban J connectivity index is 1.72. The van der Waals surface area contributed by atoms with Gasteiger partial charge in [0.25, 0.3) is 0 Å². The lowest BCUT2D eigenvalue weighted by molar-refractivity contribution is -0.250. The van der Waals surface area contributed by atoms with Gasteiger partial charge in [0.15, 0.2) is 5.78 Å². The minimum absolute atomic E-state index is 0.00728. The van der Waals surface area contributed by atoms with E-state index in [2.05, 4.69) is 34.3 Å². The van der Waals surface area contributed by atoms with Gasteiger partial charge in [0.2, 0.25) is 0 Å². The maximum atomic E-state index is 12.8. The van der Waals surface area contributed by atoms with Gasteiger partial charge >= 0.3 is 5.97 Å². The van der Waals surface area contributed by atoms with Crippen LogP contribution in [0.25, 0.3) is 0 Å². The molecule has 4 rings (SSSR count). The number of fused-ring (bicyclic) bond motifs is 2. The van der Waals surface area contributed by atoms with Crippen LogP contribution in [0.15, 0.2) is 23.8 Å². The lowest BCUT2D eigenvalue weighted by Crippen LogP contribution is -2.67. The molecule has 9 unspecified atom stereocenters. The Kier molecular flexibility index (Phi) is 5.84. The summed E-state index contributed by atoms with van der Waals surface area (Å²) in [6.45, 7) is 19.3. The van der Waals surface area contributed by atoms with Crippen LogP contribution >= 0.6 is 0 Å². The van der Waals surface area contributed by atoms with Crippen molar-refractivity contribution in [3.63, 3.8) is 0 Å². The van der Waals surface area contributed by atoms with Crippen molar-refractivity contribution in [3.05, 3.63) is 23.8 Å². The largest absolute Gasteiger partial charge is 0.462 e. The molecule has 1 heterocycles. The fourth-order valence-corrected chi connectivity index (χ4v) is 9.44. The van der Waals surface area contributed by atoms with Gasteiger partial charge in [-0.05, 0) is 99.9 Å². The molecule has 0 aromatic rings. The molecule has 3 saturated carbocycles. The molecule has 0 bridgehead atoms. The third kappa shape index (κ3) is 3.58. The van der Waals surface area contributed by atoms with Gasteiger partial charge in [0.05, 0.1) is 12.0 Å². The molecule has 1 saturated heterocycles. The number of hydrogen-bond donors (Lipinski definition) is 1. The van der Waals surface area contributed by atoms with Crippen LogP contribution in [0.4, 0.5) is 0 Å². The van der Waals surface area contributed by atoms with E-state index in [1.807, 2.05) is 20.8 Å². The smallest absolute Gasteiger partial charge is 0.306 e. The molecule has 0 aromatic heterocycles. The molecule has 184 valence electrons. The van der Waals surface area contributed by atoms with Crippen LogP contribution in [0.2, 0.25) is 0 Å². The van der Waals surface area contributed by atoms with E-state index in [1.54, 1.807) is 6.08 Å². The first-order valence-corrected chi connectivity index (χ1v) is 12.9. The zero-order valence-electron chi connectivity index (χ0n) is 21.8. The molecule has 1 N–H and O–H groups in total. The molecule has 9 atom stereocenters. The highest BCUT2D eigenvalue weighted by Gasteiger charge is 2.72. The molecule has 3 aliphatic carbocycles. The molecule has 1 aliphatic heterocycles. The number of ether oxygens (including phenoxy) is 1. The summed E-state index contributed by atoms with van der Waals surface area (Å²) in [4.78, 5) is 25.4. The summed E-state index contributed by atoms with van der Waals surface area (Å²) in [5.41, 5.74) is 1.02. The monoisotopic (exact) mass is 456 g/mol. The second kappa shape index (κ2) is 7.80. The van der Waals surface area contributed by atoms with E-state index in [0.29, 0.717) is 18.3 Å². The Morgan fingerprint density at radius 2 is 1.82 bits per heavy atom. The van der Waals surface area contributed by atoms with Gasteiger partial charge < -0.3 is 9.84 Å². The maximum Gasteiger partial charge on any atom is 0.306 e. The summed E-state index contributed by atoms with van der Waals surface area (Å²) in [6.07, 6.45) is 7.06. The van der Waals surface area contributed by atoms with Crippen LogP contribution in [-0.4, -0.2) is 28.6 Å². The number of hydrogen-bond acceptors (Lipinski definition) is 4. The molecule has 0 radical (unpaired) electrons. The van der Waals surface area contributed by atoms with E-state index < -0.39 is 5.60 Å². The lowest BCUT2D eigenvalue weighted by Gasteiger charge is -2.69. The molecule has 4 nitrogen and oxygen atoms in total. The Morgan fingerprint density at radius 1 is 1.18 bits per heavy atom. The first kappa shape index (κ1) is 24.7. The topological polar surface area (TPSA) is 63.6 Å². The summed E-state index contributed by atoms with van der Waals surface area (Å²) in [5.74, 6) is 0.809. The minimum atomic E-state index is -1.06. The van der Waals surface area contributed by atoms with Crippen LogP contribution in [-0.2, 0) is 14.3 Å². The van der Waals surface area contributed by atoms with Crippen LogP contribution in [0.5, 0.6) is 0 Å². The third-order valence-corrected chi connectivity index (χ3v) is 10.8. The van der Waals surface area contributed by atoms with Gasteiger partial charge in [-0.3, -0.25) is 9.59 Å². The van der Waals surface area contributed by atoms with Gasteiger partial charge in [-0.25, -0.2) is 0 Å². The number of carbonyl (C=O) groups excluding carboxylic acids is 2. The first-order chi connectivity index (χ1) is 15.2. The van der Waals surface area contributed by atoms with Crippen LogP contribution in [0.1, 0.15) is 93.4 Å². The zero-order valence-corrected chi connectivity index (χ0v) is 21.8. The van der Waals surface area contributed by atoms with Crippen molar-refractivity contribution in [2.24, 2.45) is 39.9 Å². The Hall–Kier alpha value is -1.42. The van der Waals surface area contributed by atoms with E-state index in [-0.39, 0.29) is 52.4 Å². The van der Waals surface area contributed by atoms with Crippen LogP contribution in [0.3, 0.4) is 0 Å². The number of ketones is 1. The summed E-state index contributed by atoms with van der Waals surface area (Å²) in [7, 11) is 0. The van der Waals surface area contributed by atoms with E-state index in [4.69, 9.17) is 4.74 Å². The highest BCUT2D eigenvalue weighted by atomic mass is 16.5. The third-order valence-electron chi connectivity index (χ3n) is 10.8. The number of allylic oxidation sites excluding steroid dienone is 3. The van der Waals surface area contributed by atoms with E-state index in [1.165, 1.54) is 5.57 Å². The molecule has 0 amide bonds. The summed E-state index contributed by atoms with van der Waals surface area (Å²) >= 11 is 0. The predicted octanol–water partition coefficient (Wildman–Crippen LogP) is 6.03. The molecule has 0 aromatic carbocycles. The molecule has 4 heteroatoms. The fourth-order valence-electron chi connectivity index (χ4n) is 9.44. The molecular formula is C29H44O4. The Labute approximate surface area is 200 Å². The van der Waals surface area contributed by atoms with Crippen molar-refractivity contribution in [3.8, 4) is 0 Å². The number of aliphatic hydroxyl groups is 1.